The first-order chi connectivity index (χ1) is 14.2. The summed E-state index contributed by atoms with van der Waals surface area (Å²) in [5.41, 5.74) is 3.79. The van der Waals surface area contributed by atoms with Gasteiger partial charge in [-0.3, -0.25) is 10.1 Å². The molecule has 0 spiro atoms. The number of non-ortho nitro benzene ring substituents is 1. The number of aromatic nitrogens is 1. The van der Waals surface area contributed by atoms with E-state index in [1.54, 1.807) is 12.1 Å². The molecule has 0 saturated carbocycles. The Bertz CT molecular complexity index is 1440. The van der Waals surface area contributed by atoms with Gasteiger partial charge in [-0.15, -0.1) is 0 Å². The van der Waals surface area contributed by atoms with Crippen LogP contribution in [0.25, 0.3) is 44.7 Å². The number of fused-ring (bicyclic) bond motifs is 4. The minimum absolute atomic E-state index is 0.0852. The molecule has 0 bridgehead atoms. The Hall–Kier alpha value is -4.05. The second kappa shape index (κ2) is 6.84. The fourth-order valence-corrected chi connectivity index (χ4v) is 3.79. The smallest absolute Gasteiger partial charge is 0.258 e. The molecule has 1 heterocycles. The van der Waals surface area contributed by atoms with Crippen LogP contribution >= 0.6 is 0 Å². The van der Waals surface area contributed by atoms with Crippen LogP contribution in [0.15, 0.2) is 84.9 Å². The van der Waals surface area contributed by atoms with E-state index >= 15 is 0 Å². The molecule has 4 aromatic carbocycles. The van der Waals surface area contributed by atoms with Gasteiger partial charge < -0.3 is 0 Å². The van der Waals surface area contributed by atoms with Crippen molar-refractivity contribution in [3.8, 4) is 0 Å². The van der Waals surface area contributed by atoms with Gasteiger partial charge in [0, 0.05) is 22.9 Å². The van der Waals surface area contributed by atoms with Crippen molar-refractivity contribution in [2.75, 3.05) is 0 Å². The number of pyridine rings is 1. The number of nitro benzene ring substituents is 1. The second-order valence-corrected chi connectivity index (χ2v) is 6.91. The van der Waals surface area contributed by atoms with Crippen molar-refractivity contribution in [2.24, 2.45) is 0 Å². The van der Waals surface area contributed by atoms with E-state index in [0.29, 0.717) is 0 Å². The minimum Gasteiger partial charge on any atom is -0.258 e. The van der Waals surface area contributed by atoms with Gasteiger partial charge in [-0.1, -0.05) is 72.8 Å². The predicted molar refractivity (Wildman–Crippen MR) is 119 cm³/mol. The van der Waals surface area contributed by atoms with Crippen LogP contribution in [0.5, 0.6) is 0 Å². The Morgan fingerprint density at radius 3 is 2.41 bits per heavy atom. The molecule has 29 heavy (non-hydrogen) atoms. The Kier molecular flexibility index (Phi) is 4.03. The quantitative estimate of drug-likeness (QED) is 0.154. The average molecular weight is 376 g/mol. The molecule has 0 amide bonds. The summed E-state index contributed by atoms with van der Waals surface area (Å²) in [7, 11) is 0. The summed E-state index contributed by atoms with van der Waals surface area (Å²) in [6, 6.07) is 27.1. The summed E-state index contributed by atoms with van der Waals surface area (Å²) >= 11 is 0. The van der Waals surface area contributed by atoms with E-state index in [4.69, 9.17) is 4.98 Å². The van der Waals surface area contributed by atoms with Crippen molar-refractivity contribution in [3.05, 3.63) is 106 Å². The molecule has 0 unspecified atom stereocenters. The number of rotatable bonds is 3. The third-order valence-corrected chi connectivity index (χ3v) is 5.13. The lowest BCUT2D eigenvalue weighted by molar-refractivity contribution is -0.384. The third-order valence-electron chi connectivity index (χ3n) is 5.13. The molecule has 0 atom stereocenters. The first kappa shape index (κ1) is 17.1. The molecule has 0 saturated heterocycles. The molecule has 5 aromatic rings. The maximum absolute atomic E-state index is 11.1. The van der Waals surface area contributed by atoms with E-state index in [0.717, 1.165) is 43.7 Å². The Labute approximate surface area is 166 Å². The highest BCUT2D eigenvalue weighted by Gasteiger charge is 2.10. The first-order valence-electron chi connectivity index (χ1n) is 9.33. The first-order valence-corrected chi connectivity index (χ1v) is 9.33. The molecular formula is C25H16N2O2. The summed E-state index contributed by atoms with van der Waals surface area (Å²) in [6.07, 6.45) is 3.97. The van der Waals surface area contributed by atoms with Crippen molar-refractivity contribution in [1.82, 2.24) is 4.98 Å². The summed E-state index contributed by atoms with van der Waals surface area (Å²) in [6.45, 7) is 0. The number of nitro groups is 1. The molecule has 4 nitrogen and oxygen atoms in total. The molecule has 0 aliphatic carbocycles. The van der Waals surface area contributed by atoms with Gasteiger partial charge in [0.2, 0.25) is 0 Å². The molecule has 0 aliphatic rings. The number of nitrogens with zero attached hydrogens (tertiary/aromatic N) is 2. The molecule has 0 aliphatic heterocycles. The monoisotopic (exact) mass is 376 g/mol. The van der Waals surface area contributed by atoms with E-state index in [1.807, 2.05) is 48.6 Å². The molecule has 0 N–H and O–H groups in total. The lowest BCUT2D eigenvalue weighted by atomic mass is 9.96. The molecule has 5 rings (SSSR count). The van der Waals surface area contributed by atoms with Gasteiger partial charge in [0.05, 0.1) is 16.0 Å². The topological polar surface area (TPSA) is 56.0 Å². The van der Waals surface area contributed by atoms with Crippen molar-refractivity contribution < 1.29 is 4.92 Å². The van der Waals surface area contributed by atoms with Gasteiger partial charge in [0.25, 0.3) is 5.69 Å². The molecule has 4 heteroatoms. The van der Waals surface area contributed by atoms with E-state index in [1.165, 1.54) is 6.07 Å². The molecule has 1 aromatic heterocycles. The lowest BCUT2D eigenvalue weighted by Crippen LogP contribution is -1.90. The minimum atomic E-state index is -0.373. The Morgan fingerprint density at radius 1 is 0.759 bits per heavy atom. The summed E-state index contributed by atoms with van der Waals surface area (Å²) in [5, 5.41) is 15.5. The van der Waals surface area contributed by atoms with Gasteiger partial charge >= 0.3 is 0 Å². The summed E-state index contributed by atoms with van der Waals surface area (Å²) < 4.78 is 0. The van der Waals surface area contributed by atoms with Gasteiger partial charge in [0.15, 0.2) is 0 Å². The highest BCUT2D eigenvalue weighted by Crippen LogP contribution is 2.33. The second-order valence-electron chi connectivity index (χ2n) is 6.91. The van der Waals surface area contributed by atoms with Crippen LogP contribution in [0.2, 0.25) is 0 Å². The maximum Gasteiger partial charge on any atom is 0.270 e. The molecular weight excluding hydrogens is 360 g/mol. The van der Waals surface area contributed by atoms with Crippen LogP contribution in [-0.2, 0) is 0 Å². The van der Waals surface area contributed by atoms with E-state index < -0.39 is 0 Å². The average Bonchev–Trinajstić information content (AvgIpc) is 2.76. The lowest BCUT2D eigenvalue weighted by Gasteiger charge is -2.10. The third kappa shape index (κ3) is 3.01. The van der Waals surface area contributed by atoms with Gasteiger partial charge in [-0.05, 0) is 34.0 Å². The molecule has 0 fully saturated rings. The van der Waals surface area contributed by atoms with E-state index in [2.05, 4.69) is 30.3 Å². The zero-order valence-electron chi connectivity index (χ0n) is 15.4. The van der Waals surface area contributed by atoms with Gasteiger partial charge in [-0.25, -0.2) is 4.98 Å². The van der Waals surface area contributed by atoms with Crippen LogP contribution < -0.4 is 0 Å². The van der Waals surface area contributed by atoms with Gasteiger partial charge in [-0.2, -0.15) is 0 Å². The standard InChI is InChI=1S/C25H16N2O2/c28-27(29)19-8-5-6-17(16-19)12-14-22-21-10-3-4-11-23(21)26-24-15-13-18-7-1-2-9-20(18)25(22)24/h1-16H/b14-12-. The normalized spacial score (nSPS) is 11.6. The summed E-state index contributed by atoms with van der Waals surface area (Å²) in [4.78, 5) is 15.6. The molecule has 0 radical (unpaired) electrons. The zero-order valence-corrected chi connectivity index (χ0v) is 15.4. The van der Waals surface area contributed by atoms with Crippen LogP contribution in [0.1, 0.15) is 11.1 Å². The van der Waals surface area contributed by atoms with Crippen LogP contribution in [-0.4, -0.2) is 9.91 Å². The largest absolute Gasteiger partial charge is 0.270 e. The Balaban J connectivity index is 1.81. The Morgan fingerprint density at radius 2 is 1.55 bits per heavy atom. The number of hydrogen-bond acceptors (Lipinski definition) is 3. The fourth-order valence-electron chi connectivity index (χ4n) is 3.79. The van der Waals surface area contributed by atoms with Crippen LogP contribution in [0.3, 0.4) is 0 Å². The number of hydrogen-bond donors (Lipinski definition) is 0. The van der Waals surface area contributed by atoms with Crippen molar-refractivity contribution in [2.45, 2.75) is 0 Å². The van der Waals surface area contributed by atoms with Crippen molar-refractivity contribution in [3.63, 3.8) is 0 Å². The van der Waals surface area contributed by atoms with Crippen LogP contribution in [0.4, 0.5) is 5.69 Å². The number of para-hydroxylation sites is 1. The zero-order chi connectivity index (χ0) is 19.8. The highest BCUT2D eigenvalue weighted by atomic mass is 16.6. The number of benzene rings is 4. The van der Waals surface area contributed by atoms with Crippen molar-refractivity contribution in [1.29, 1.82) is 0 Å². The van der Waals surface area contributed by atoms with Crippen molar-refractivity contribution >= 4 is 50.4 Å². The SMILES string of the molecule is O=[N+]([O-])c1cccc(/C=C\c2c3ccccc3nc3ccc4ccccc4c23)c1. The van der Waals surface area contributed by atoms with Gasteiger partial charge in [0.1, 0.15) is 0 Å². The van der Waals surface area contributed by atoms with Crippen LogP contribution in [0, 0.1) is 10.1 Å². The summed E-state index contributed by atoms with van der Waals surface area (Å²) in [5.74, 6) is 0. The van der Waals surface area contributed by atoms with E-state index in [9.17, 15) is 10.1 Å². The maximum atomic E-state index is 11.1. The predicted octanol–water partition coefficient (Wildman–Crippen LogP) is 6.62. The fraction of sp³-hybridized carbons (Fsp3) is 0. The van der Waals surface area contributed by atoms with E-state index in [-0.39, 0.29) is 10.6 Å². The molecule has 138 valence electrons. The highest BCUT2D eigenvalue weighted by molar-refractivity contribution is 6.15.